The second-order valence-electron chi connectivity index (χ2n) is 6.23. The Morgan fingerprint density at radius 3 is 3.00 bits per heavy atom. The van der Waals surface area contributed by atoms with Crippen LogP contribution in [0.3, 0.4) is 0 Å². The third-order valence-corrected chi connectivity index (χ3v) is 5.14. The van der Waals surface area contributed by atoms with Gasteiger partial charge in [0, 0.05) is 25.9 Å². The fourth-order valence-electron chi connectivity index (χ4n) is 4.33. The monoisotopic (exact) mass is 264 g/mol. The number of Topliss-reactive ketones (excluding diaryl/α,β-unsaturated/α-hetero) is 1. The molecule has 0 N–H and O–H groups in total. The highest BCUT2D eigenvalue weighted by Crippen LogP contribution is 2.48. The number of methoxy groups -OCH3 is 1. The molecule has 0 aromatic heterocycles. The van der Waals surface area contributed by atoms with Crippen molar-refractivity contribution in [3.63, 3.8) is 0 Å². The molecule has 3 rings (SSSR count). The van der Waals surface area contributed by atoms with E-state index in [1.807, 2.05) is 0 Å². The number of allylic oxidation sites excluding steroid dienone is 1. The summed E-state index contributed by atoms with van der Waals surface area (Å²) in [6, 6.07) is 0. The Morgan fingerprint density at radius 2 is 2.16 bits per heavy atom. The van der Waals surface area contributed by atoms with E-state index in [0.717, 1.165) is 38.5 Å². The summed E-state index contributed by atoms with van der Waals surface area (Å²) in [5.74, 6) is 2.09. The average molecular weight is 264 g/mol. The zero-order valence-corrected chi connectivity index (χ0v) is 11.8. The van der Waals surface area contributed by atoms with Crippen LogP contribution in [0.4, 0.5) is 0 Å². The maximum atomic E-state index is 12.0. The lowest BCUT2D eigenvalue weighted by atomic mass is 9.62. The van der Waals surface area contributed by atoms with Gasteiger partial charge in [-0.3, -0.25) is 4.79 Å². The molecule has 0 aromatic carbocycles. The Morgan fingerprint density at radius 1 is 1.26 bits per heavy atom. The van der Waals surface area contributed by atoms with Crippen molar-refractivity contribution in [2.24, 2.45) is 17.8 Å². The van der Waals surface area contributed by atoms with Crippen molar-refractivity contribution in [3.05, 3.63) is 11.6 Å². The van der Waals surface area contributed by atoms with Gasteiger partial charge in [-0.05, 0) is 43.9 Å². The minimum absolute atomic E-state index is 0.263. The molecule has 2 saturated carbocycles. The molecular weight excluding hydrogens is 240 g/mol. The molecule has 0 amide bonds. The van der Waals surface area contributed by atoms with Crippen molar-refractivity contribution in [2.45, 2.75) is 51.0 Å². The van der Waals surface area contributed by atoms with Crippen molar-refractivity contribution in [1.29, 1.82) is 0 Å². The van der Waals surface area contributed by atoms with Gasteiger partial charge >= 0.3 is 0 Å². The van der Waals surface area contributed by atoms with Gasteiger partial charge in [0.1, 0.15) is 12.6 Å². The predicted molar refractivity (Wildman–Crippen MR) is 72.6 cm³/mol. The van der Waals surface area contributed by atoms with E-state index >= 15 is 0 Å². The number of carbonyl (C=O) groups excluding carboxylic acids is 1. The number of ketones is 1. The van der Waals surface area contributed by atoms with Gasteiger partial charge in [0.2, 0.25) is 0 Å². The van der Waals surface area contributed by atoms with Crippen molar-refractivity contribution in [1.82, 2.24) is 0 Å². The summed E-state index contributed by atoms with van der Waals surface area (Å²) in [6.45, 7) is 0.375. The minimum atomic E-state index is 0.263. The number of carbonyl (C=O) groups is 1. The summed E-state index contributed by atoms with van der Waals surface area (Å²) >= 11 is 0. The van der Waals surface area contributed by atoms with Gasteiger partial charge in [-0.25, -0.2) is 0 Å². The summed E-state index contributed by atoms with van der Waals surface area (Å²) in [5, 5.41) is 0. The van der Waals surface area contributed by atoms with Crippen LogP contribution in [0.2, 0.25) is 0 Å². The molecule has 0 heterocycles. The lowest BCUT2D eigenvalue weighted by molar-refractivity contribution is -0.126. The van der Waals surface area contributed by atoms with E-state index < -0.39 is 0 Å². The minimum Gasteiger partial charge on any atom is -0.359 e. The lowest BCUT2D eigenvalue weighted by Gasteiger charge is -2.46. The van der Waals surface area contributed by atoms with Crippen LogP contribution in [0.1, 0.15) is 44.9 Å². The van der Waals surface area contributed by atoms with Crippen molar-refractivity contribution in [2.75, 3.05) is 13.9 Å². The van der Waals surface area contributed by atoms with Gasteiger partial charge in [-0.1, -0.05) is 11.6 Å². The second-order valence-corrected chi connectivity index (χ2v) is 6.23. The van der Waals surface area contributed by atoms with Crippen molar-refractivity contribution in [3.8, 4) is 0 Å². The Labute approximate surface area is 115 Å². The van der Waals surface area contributed by atoms with Gasteiger partial charge in [0.15, 0.2) is 0 Å². The molecule has 3 aliphatic carbocycles. The van der Waals surface area contributed by atoms with Crippen molar-refractivity contribution >= 4 is 5.78 Å². The summed E-state index contributed by atoms with van der Waals surface area (Å²) in [5.41, 5.74) is 1.61. The highest BCUT2D eigenvalue weighted by molar-refractivity contribution is 5.79. The predicted octanol–water partition coefficient (Wildman–Crippen LogP) is 3.09. The standard InChI is InChI=1S/C16H24O3/c1-18-10-19-15-8-6-11-5-7-13(17)9-12-3-2-4-14(11)16(12)15/h4,11-12,15-16H,2-3,5-10H2,1H3/t11-,12+,15+,16-/m1/s1. The maximum Gasteiger partial charge on any atom is 0.146 e. The lowest BCUT2D eigenvalue weighted by Crippen LogP contribution is -2.42. The van der Waals surface area contributed by atoms with Crippen LogP contribution in [0.15, 0.2) is 11.6 Å². The molecule has 3 heteroatoms. The third kappa shape index (κ3) is 2.63. The van der Waals surface area contributed by atoms with E-state index in [1.165, 1.54) is 6.42 Å². The first-order valence-electron chi connectivity index (χ1n) is 7.61. The molecule has 4 atom stereocenters. The molecule has 0 spiro atoms. The highest BCUT2D eigenvalue weighted by Gasteiger charge is 2.43. The van der Waals surface area contributed by atoms with Crippen LogP contribution < -0.4 is 0 Å². The van der Waals surface area contributed by atoms with Gasteiger partial charge in [0.25, 0.3) is 0 Å². The van der Waals surface area contributed by atoms with Crippen LogP contribution in [-0.2, 0) is 14.3 Å². The third-order valence-electron chi connectivity index (χ3n) is 5.14. The Hall–Kier alpha value is -0.670. The van der Waals surface area contributed by atoms with Gasteiger partial charge < -0.3 is 9.47 Å². The molecule has 0 saturated heterocycles. The first kappa shape index (κ1) is 13.3. The van der Waals surface area contributed by atoms with Gasteiger partial charge in [0.05, 0.1) is 6.10 Å². The van der Waals surface area contributed by atoms with E-state index in [1.54, 1.807) is 12.7 Å². The summed E-state index contributed by atoms with van der Waals surface area (Å²) in [6.07, 6.45) is 9.93. The first-order chi connectivity index (χ1) is 9.29. The fourth-order valence-corrected chi connectivity index (χ4v) is 4.33. The Kier molecular flexibility index (Phi) is 4.04. The Balaban J connectivity index is 1.85. The number of hydrogen-bond acceptors (Lipinski definition) is 3. The molecule has 0 aromatic rings. The van der Waals surface area contributed by atoms with E-state index in [9.17, 15) is 4.79 Å². The first-order valence-corrected chi connectivity index (χ1v) is 7.61. The summed E-state index contributed by atoms with van der Waals surface area (Å²) < 4.78 is 11.0. The van der Waals surface area contributed by atoms with E-state index in [4.69, 9.17) is 9.47 Å². The van der Waals surface area contributed by atoms with Crippen LogP contribution in [-0.4, -0.2) is 25.8 Å². The topological polar surface area (TPSA) is 35.5 Å². The zero-order valence-electron chi connectivity index (χ0n) is 11.8. The molecule has 0 aliphatic heterocycles. The van der Waals surface area contributed by atoms with E-state index in [0.29, 0.717) is 30.3 Å². The molecular formula is C16H24O3. The molecule has 106 valence electrons. The molecule has 4 bridgehead atoms. The van der Waals surface area contributed by atoms with Crippen LogP contribution in [0, 0.1) is 17.8 Å². The quantitative estimate of drug-likeness (QED) is 0.580. The van der Waals surface area contributed by atoms with Crippen LogP contribution in [0.5, 0.6) is 0 Å². The largest absolute Gasteiger partial charge is 0.359 e. The SMILES string of the molecule is COCO[C@H]1CC[C@H]2CCC(=O)C[C@@H]3CCC=C2[C@@H]31. The molecule has 2 fully saturated rings. The fraction of sp³-hybridized carbons (Fsp3) is 0.812. The molecule has 0 radical (unpaired) electrons. The average Bonchev–Trinajstić information content (AvgIpc) is 2.43. The van der Waals surface area contributed by atoms with Crippen molar-refractivity contribution < 1.29 is 14.3 Å². The van der Waals surface area contributed by atoms with Gasteiger partial charge in [-0.15, -0.1) is 0 Å². The normalized spacial score (nSPS) is 38.4. The second kappa shape index (κ2) is 5.76. The molecule has 3 nitrogen and oxygen atoms in total. The van der Waals surface area contributed by atoms with Crippen LogP contribution >= 0.6 is 0 Å². The number of hydrogen-bond donors (Lipinski definition) is 0. The molecule has 3 aliphatic rings. The highest BCUT2D eigenvalue weighted by atomic mass is 16.7. The van der Waals surface area contributed by atoms with E-state index in [-0.39, 0.29) is 6.10 Å². The molecule has 0 unspecified atom stereocenters. The smallest absolute Gasteiger partial charge is 0.146 e. The summed E-state index contributed by atoms with van der Waals surface area (Å²) in [7, 11) is 1.67. The Bertz CT molecular complexity index is 374. The number of ether oxygens (including phenoxy) is 2. The zero-order chi connectivity index (χ0) is 13.2. The van der Waals surface area contributed by atoms with E-state index in [2.05, 4.69) is 6.08 Å². The number of rotatable bonds is 3. The molecule has 19 heavy (non-hydrogen) atoms. The maximum absolute atomic E-state index is 12.0. The van der Waals surface area contributed by atoms with Gasteiger partial charge in [-0.2, -0.15) is 0 Å². The van der Waals surface area contributed by atoms with Crippen LogP contribution in [0.25, 0.3) is 0 Å². The summed E-state index contributed by atoms with van der Waals surface area (Å²) in [4.78, 5) is 12.0.